The molecule has 0 aliphatic rings. The average Bonchev–Trinajstić information content (AvgIpc) is 2.28. The Morgan fingerprint density at radius 1 is 1.29 bits per heavy atom. The Bertz CT molecular complexity index is 392. The normalized spacial score (nSPS) is 9.53. The molecule has 0 atom stereocenters. The van der Waals surface area contributed by atoms with Crippen molar-refractivity contribution in [1.29, 1.82) is 0 Å². The molecule has 0 spiro atoms. The second kappa shape index (κ2) is 6.75. The van der Waals surface area contributed by atoms with E-state index in [-0.39, 0.29) is 6.61 Å². The van der Waals surface area contributed by atoms with Crippen molar-refractivity contribution in [3.8, 4) is 5.75 Å². The van der Waals surface area contributed by atoms with Gasteiger partial charge in [-0.2, -0.15) is 0 Å². The number of hydrogen-bond donors (Lipinski definition) is 2. The molecule has 0 heterocycles. The fourth-order valence-corrected chi connectivity index (χ4v) is 1.17. The zero-order valence-corrected chi connectivity index (χ0v) is 10.1. The number of rotatable bonds is 4. The van der Waals surface area contributed by atoms with Gasteiger partial charge in [-0.1, -0.05) is 11.6 Å². The van der Waals surface area contributed by atoms with Crippen LogP contribution in [0.4, 0.5) is 4.79 Å². The topological polar surface area (TPSA) is 67.4 Å². The molecular weight excluding hydrogens is 244 g/mol. The summed E-state index contributed by atoms with van der Waals surface area (Å²) in [4.78, 5) is 22.2. The van der Waals surface area contributed by atoms with Crippen molar-refractivity contribution in [2.24, 2.45) is 0 Å². The summed E-state index contributed by atoms with van der Waals surface area (Å²) in [7, 11) is 0. The predicted octanol–water partition coefficient (Wildman–Crippen LogP) is 1.56. The van der Waals surface area contributed by atoms with E-state index in [9.17, 15) is 9.59 Å². The first-order chi connectivity index (χ1) is 8.11. The first-order valence-electron chi connectivity index (χ1n) is 5.08. The third kappa shape index (κ3) is 5.21. The zero-order chi connectivity index (χ0) is 12.7. The molecule has 0 radical (unpaired) electrons. The molecule has 0 saturated carbocycles. The Hall–Kier alpha value is -1.75. The van der Waals surface area contributed by atoms with Crippen LogP contribution in [-0.2, 0) is 4.79 Å². The Kier molecular flexibility index (Phi) is 5.29. The number of carbonyl (C=O) groups is 2. The van der Waals surface area contributed by atoms with Crippen molar-refractivity contribution in [1.82, 2.24) is 10.6 Å². The number of nitrogens with one attached hydrogen (secondary N) is 2. The van der Waals surface area contributed by atoms with E-state index in [1.54, 1.807) is 31.2 Å². The van der Waals surface area contributed by atoms with Gasteiger partial charge in [0.2, 0.25) is 0 Å². The van der Waals surface area contributed by atoms with Gasteiger partial charge < -0.3 is 10.1 Å². The molecule has 0 aromatic heterocycles. The van der Waals surface area contributed by atoms with E-state index in [4.69, 9.17) is 16.3 Å². The number of amides is 3. The minimum absolute atomic E-state index is 0.223. The van der Waals surface area contributed by atoms with E-state index in [1.165, 1.54) is 0 Å². The highest BCUT2D eigenvalue weighted by molar-refractivity contribution is 6.30. The monoisotopic (exact) mass is 256 g/mol. The smallest absolute Gasteiger partial charge is 0.321 e. The van der Waals surface area contributed by atoms with Crippen LogP contribution in [0, 0.1) is 0 Å². The molecule has 1 aromatic rings. The lowest BCUT2D eigenvalue weighted by atomic mass is 10.3. The van der Waals surface area contributed by atoms with Gasteiger partial charge in [0.15, 0.2) is 6.61 Å². The van der Waals surface area contributed by atoms with Crippen molar-refractivity contribution in [3.05, 3.63) is 29.3 Å². The molecule has 5 nitrogen and oxygen atoms in total. The first kappa shape index (κ1) is 13.3. The molecule has 2 N–H and O–H groups in total. The molecule has 0 saturated heterocycles. The van der Waals surface area contributed by atoms with Crippen molar-refractivity contribution in [2.45, 2.75) is 6.92 Å². The van der Waals surface area contributed by atoms with Gasteiger partial charge in [0.25, 0.3) is 5.91 Å². The number of carbonyl (C=O) groups excluding carboxylic acids is 2. The van der Waals surface area contributed by atoms with Crippen LogP contribution in [0.1, 0.15) is 6.92 Å². The summed E-state index contributed by atoms with van der Waals surface area (Å²) >= 11 is 5.69. The highest BCUT2D eigenvalue weighted by Gasteiger charge is 2.06. The summed E-state index contributed by atoms with van der Waals surface area (Å²) in [5.74, 6) is 0.00588. The van der Waals surface area contributed by atoms with Crippen molar-refractivity contribution in [3.63, 3.8) is 0 Å². The van der Waals surface area contributed by atoms with Crippen LogP contribution in [0.2, 0.25) is 5.02 Å². The molecule has 1 aromatic carbocycles. The van der Waals surface area contributed by atoms with Crippen LogP contribution in [0.3, 0.4) is 0 Å². The molecule has 0 bridgehead atoms. The van der Waals surface area contributed by atoms with Gasteiger partial charge in [-0.3, -0.25) is 10.1 Å². The number of benzene rings is 1. The van der Waals surface area contributed by atoms with Gasteiger partial charge in [-0.15, -0.1) is 0 Å². The summed E-state index contributed by atoms with van der Waals surface area (Å²) in [6.45, 7) is 1.99. The van der Waals surface area contributed by atoms with Gasteiger partial charge in [-0.05, 0) is 31.2 Å². The maximum atomic E-state index is 11.2. The first-order valence-corrected chi connectivity index (χ1v) is 5.45. The predicted molar refractivity (Wildman–Crippen MR) is 64.2 cm³/mol. The lowest BCUT2D eigenvalue weighted by Crippen LogP contribution is -2.41. The lowest BCUT2D eigenvalue weighted by Gasteiger charge is -2.06. The number of ether oxygens (including phenoxy) is 1. The third-order valence-corrected chi connectivity index (χ3v) is 2.03. The molecule has 17 heavy (non-hydrogen) atoms. The molecule has 1 rings (SSSR count). The summed E-state index contributed by atoms with van der Waals surface area (Å²) < 4.78 is 5.15. The maximum absolute atomic E-state index is 11.2. The molecule has 0 fully saturated rings. The lowest BCUT2D eigenvalue weighted by molar-refractivity contribution is -0.122. The van der Waals surface area contributed by atoms with Crippen LogP contribution in [0.25, 0.3) is 0 Å². The number of halogens is 1. The number of hydrogen-bond acceptors (Lipinski definition) is 3. The standard InChI is InChI=1S/C11H13ClN2O3/c1-2-13-11(16)14-10(15)7-17-9-5-3-8(12)4-6-9/h3-6H,2,7H2,1H3,(H2,13,14,15,16). The second-order valence-corrected chi connectivity index (χ2v) is 3.59. The quantitative estimate of drug-likeness (QED) is 0.859. The van der Waals surface area contributed by atoms with E-state index >= 15 is 0 Å². The van der Waals surface area contributed by atoms with Crippen LogP contribution < -0.4 is 15.4 Å². The molecular formula is C11H13ClN2O3. The van der Waals surface area contributed by atoms with Gasteiger partial charge in [0.05, 0.1) is 0 Å². The minimum atomic E-state index is -0.530. The van der Waals surface area contributed by atoms with E-state index < -0.39 is 11.9 Å². The Balaban J connectivity index is 2.33. The zero-order valence-electron chi connectivity index (χ0n) is 9.33. The summed E-state index contributed by atoms with van der Waals surface area (Å²) in [5.41, 5.74) is 0. The molecule has 3 amide bonds. The van der Waals surface area contributed by atoms with Crippen LogP contribution in [0.15, 0.2) is 24.3 Å². The minimum Gasteiger partial charge on any atom is -0.484 e. The molecule has 0 aliphatic carbocycles. The average molecular weight is 257 g/mol. The Morgan fingerprint density at radius 3 is 2.53 bits per heavy atom. The van der Waals surface area contributed by atoms with Crippen LogP contribution >= 0.6 is 11.6 Å². The summed E-state index contributed by atoms with van der Waals surface area (Å²) in [6, 6.07) is 6.05. The SMILES string of the molecule is CCNC(=O)NC(=O)COc1ccc(Cl)cc1. The van der Waals surface area contributed by atoms with Crippen molar-refractivity contribution >= 4 is 23.5 Å². The molecule has 0 aliphatic heterocycles. The fourth-order valence-electron chi connectivity index (χ4n) is 1.05. The van der Waals surface area contributed by atoms with E-state index in [0.29, 0.717) is 17.3 Å². The van der Waals surface area contributed by atoms with Crippen molar-refractivity contribution < 1.29 is 14.3 Å². The fraction of sp³-hybridized carbons (Fsp3) is 0.273. The highest BCUT2D eigenvalue weighted by atomic mass is 35.5. The van der Waals surface area contributed by atoms with E-state index in [2.05, 4.69) is 10.6 Å². The van der Waals surface area contributed by atoms with Crippen molar-refractivity contribution in [2.75, 3.05) is 13.2 Å². The third-order valence-electron chi connectivity index (χ3n) is 1.77. The Labute approximate surface area is 104 Å². The number of imide groups is 1. The summed E-state index contributed by atoms with van der Waals surface area (Å²) in [5, 5.41) is 5.15. The Morgan fingerprint density at radius 2 is 1.94 bits per heavy atom. The van der Waals surface area contributed by atoms with Gasteiger partial charge in [0, 0.05) is 11.6 Å². The molecule has 92 valence electrons. The molecule has 6 heteroatoms. The highest BCUT2D eigenvalue weighted by Crippen LogP contribution is 2.15. The van der Waals surface area contributed by atoms with Gasteiger partial charge in [-0.25, -0.2) is 4.79 Å². The summed E-state index contributed by atoms with van der Waals surface area (Å²) in [6.07, 6.45) is 0. The van der Waals surface area contributed by atoms with Gasteiger partial charge >= 0.3 is 6.03 Å². The van der Waals surface area contributed by atoms with Crippen LogP contribution in [-0.4, -0.2) is 25.1 Å². The van der Waals surface area contributed by atoms with Crippen LogP contribution in [0.5, 0.6) is 5.75 Å². The maximum Gasteiger partial charge on any atom is 0.321 e. The number of urea groups is 1. The van der Waals surface area contributed by atoms with E-state index in [1.807, 2.05) is 0 Å². The second-order valence-electron chi connectivity index (χ2n) is 3.15. The van der Waals surface area contributed by atoms with Gasteiger partial charge in [0.1, 0.15) is 5.75 Å². The molecule has 0 unspecified atom stereocenters. The van der Waals surface area contributed by atoms with E-state index in [0.717, 1.165) is 0 Å². The largest absolute Gasteiger partial charge is 0.484 e.